The second-order valence-corrected chi connectivity index (χ2v) is 5.52. The van der Waals surface area contributed by atoms with Crippen LogP contribution in [0.25, 0.3) is 12.2 Å². The quantitative estimate of drug-likeness (QED) is 0.458. The molecular formula is C16H16O6S. The highest BCUT2D eigenvalue weighted by atomic mass is 32.3. The summed E-state index contributed by atoms with van der Waals surface area (Å²) in [7, 11) is -1.61. The van der Waals surface area contributed by atoms with E-state index < -0.39 is 10.4 Å². The summed E-state index contributed by atoms with van der Waals surface area (Å²) in [4.78, 5) is 0. The third-order valence-corrected chi connectivity index (χ3v) is 3.32. The highest BCUT2D eigenvalue weighted by Gasteiger charge is 2.00. The molecule has 0 aliphatic rings. The monoisotopic (exact) mass is 336 g/mol. The number of hydrogen-bond acceptors (Lipinski definition) is 6. The lowest BCUT2D eigenvalue weighted by Gasteiger charge is -2.08. The lowest BCUT2D eigenvalue weighted by Crippen LogP contribution is -2.06. The third-order valence-electron chi connectivity index (χ3n) is 2.92. The minimum absolute atomic E-state index is 0. The Morgan fingerprint density at radius 3 is 1.87 bits per heavy atom. The largest absolute Gasteiger partial charge is 1.00 e. The highest BCUT2D eigenvalue weighted by molar-refractivity contribution is 7.81. The lowest BCUT2D eigenvalue weighted by molar-refractivity contribution is 0.372. The first-order valence-corrected chi connectivity index (χ1v) is 7.89. The summed E-state index contributed by atoms with van der Waals surface area (Å²) in [6.45, 7) is 0. The van der Waals surface area contributed by atoms with Gasteiger partial charge in [0.1, 0.15) is 17.2 Å². The lowest BCUT2D eigenvalue weighted by atomic mass is 10.1. The van der Waals surface area contributed by atoms with Crippen molar-refractivity contribution in [3.63, 3.8) is 0 Å². The molecule has 0 heterocycles. The van der Waals surface area contributed by atoms with Crippen LogP contribution in [-0.4, -0.2) is 27.2 Å². The molecule has 0 atom stereocenters. The summed E-state index contributed by atoms with van der Waals surface area (Å²) < 4.78 is 46.1. The third kappa shape index (κ3) is 5.32. The second kappa shape index (κ2) is 7.17. The number of benzene rings is 2. The van der Waals surface area contributed by atoms with Gasteiger partial charge < -0.3 is 18.2 Å². The zero-order valence-corrected chi connectivity index (χ0v) is 13.4. The normalized spacial score (nSPS) is 11.4. The first kappa shape index (κ1) is 16.9. The van der Waals surface area contributed by atoms with Gasteiger partial charge in [-0.15, -0.1) is 0 Å². The Labute approximate surface area is 136 Å². The van der Waals surface area contributed by atoms with Crippen molar-refractivity contribution in [2.24, 2.45) is 0 Å². The van der Waals surface area contributed by atoms with Crippen molar-refractivity contribution in [1.29, 1.82) is 0 Å². The molecule has 0 spiro atoms. The van der Waals surface area contributed by atoms with Crippen LogP contribution in [0.4, 0.5) is 0 Å². The summed E-state index contributed by atoms with van der Waals surface area (Å²) in [6, 6.07) is 11.5. The molecule has 7 heteroatoms. The summed E-state index contributed by atoms with van der Waals surface area (Å²) in [6.07, 6.45) is 3.68. The molecule has 6 nitrogen and oxygen atoms in total. The number of methoxy groups -OCH3 is 2. The van der Waals surface area contributed by atoms with Gasteiger partial charge in [0, 0.05) is 6.07 Å². The minimum Gasteiger partial charge on any atom is -0.716 e. The van der Waals surface area contributed by atoms with E-state index >= 15 is 0 Å². The molecule has 0 aliphatic carbocycles. The smallest absolute Gasteiger partial charge is 0.716 e. The molecule has 0 saturated heterocycles. The summed E-state index contributed by atoms with van der Waals surface area (Å²) in [5.41, 5.74) is 1.69. The van der Waals surface area contributed by atoms with Crippen molar-refractivity contribution in [2.45, 2.75) is 0 Å². The van der Waals surface area contributed by atoms with Gasteiger partial charge in [-0.05, 0) is 35.4 Å². The highest BCUT2D eigenvalue weighted by Crippen LogP contribution is 2.24. The van der Waals surface area contributed by atoms with Gasteiger partial charge in [-0.3, -0.25) is 0 Å². The summed E-state index contributed by atoms with van der Waals surface area (Å²) in [5, 5.41) is 0. The fourth-order valence-electron chi connectivity index (χ4n) is 1.87. The minimum atomic E-state index is -4.76. The number of ether oxygens (including phenoxy) is 2. The zero-order chi connectivity index (χ0) is 16.9. The maximum absolute atomic E-state index is 10.5. The van der Waals surface area contributed by atoms with Gasteiger partial charge in [-0.2, -0.15) is 0 Å². The van der Waals surface area contributed by atoms with Crippen molar-refractivity contribution in [3.05, 3.63) is 53.6 Å². The summed E-state index contributed by atoms with van der Waals surface area (Å²) >= 11 is 0. The van der Waals surface area contributed by atoms with E-state index in [1.807, 2.05) is 24.3 Å². The topological polar surface area (TPSA) is 84.9 Å². The van der Waals surface area contributed by atoms with Crippen LogP contribution < -0.4 is 13.7 Å². The molecule has 0 radical (unpaired) electrons. The van der Waals surface area contributed by atoms with E-state index in [1.54, 1.807) is 32.4 Å². The Kier molecular flexibility index (Phi) is 5.25. The van der Waals surface area contributed by atoms with E-state index in [-0.39, 0.29) is 7.18 Å². The molecule has 23 heavy (non-hydrogen) atoms. The Morgan fingerprint density at radius 2 is 1.39 bits per heavy atom. The number of rotatable bonds is 6. The van der Waals surface area contributed by atoms with Crippen LogP contribution in [0.1, 0.15) is 12.6 Å². The number of hydrogen-bond donors (Lipinski definition) is 0. The molecule has 0 amide bonds. The molecule has 0 fully saturated rings. The van der Waals surface area contributed by atoms with E-state index in [0.717, 1.165) is 11.1 Å². The van der Waals surface area contributed by atoms with E-state index in [0.29, 0.717) is 11.5 Å². The molecule has 0 saturated carbocycles. The van der Waals surface area contributed by atoms with Gasteiger partial charge in [0.25, 0.3) is 10.4 Å². The van der Waals surface area contributed by atoms with E-state index in [2.05, 4.69) is 4.18 Å². The molecule has 2 aromatic carbocycles. The van der Waals surface area contributed by atoms with Gasteiger partial charge in [0.15, 0.2) is 0 Å². The van der Waals surface area contributed by atoms with Crippen molar-refractivity contribution >= 4 is 22.6 Å². The molecule has 122 valence electrons. The molecule has 0 bridgehead atoms. The van der Waals surface area contributed by atoms with Gasteiger partial charge in [-0.25, -0.2) is 8.42 Å². The maximum Gasteiger partial charge on any atom is 1.00 e. The average molecular weight is 336 g/mol. The van der Waals surface area contributed by atoms with Crippen LogP contribution in [0.2, 0.25) is 0 Å². The van der Waals surface area contributed by atoms with Crippen LogP contribution in [0.3, 0.4) is 0 Å². The fourth-order valence-corrected chi connectivity index (χ4v) is 2.22. The van der Waals surface area contributed by atoms with Crippen LogP contribution in [0, 0.1) is 0 Å². The fraction of sp³-hybridized carbons (Fsp3) is 0.125. The molecule has 0 unspecified atom stereocenters. The Morgan fingerprint density at radius 1 is 0.870 bits per heavy atom. The SMILES string of the molecule is COc1cc(C=Cc2ccc(OS(=O)(=O)[O-])cc2)cc(OC)c1.[H+]. The van der Waals surface area contributed by atoms with Crippen LogP contribution in [0.5, 0.6) is 17.2 Å². The van der Waals surface area contributed by atoms with Crippen LogP contribution in [-0.2, 0) is 10.4 Å². The van der Waals surface area contributed by atoms with E-state index in [4.69, 9.17) is 9.47 Å². The molecule has 0 N–H and O–H groups in total. The van der Waals surface area contributed by atoms with Crippen LogP contribution >= 0.6 is 0 Å². The van der Waals surface area contributed by atoms with Gasteiger partial charge in [0.05, 0.1) is 14.2 Å². The predicted molar refractivity (Wildman–Crippen MR) is 86.4 cm³/mol. The molecular weight excluding hydrogens is 320 g/mol. The first-order chi connectivity index (χ1) is 10.9. The Hall–Kier alpha value is -2.51. The molecule has 0 aromatic heterocycles. The first-order valence-electron chi connectivity index (χ1n) is 6.56. The maximum atomic E-state index is 10.5. The van der Waals surface area contributed by atoms with Crippen molar-refractivity contribution in [2.75, 3.05) is 14.2 Å². The zero-order valence-electron chi connectivity index (χ0n) is 13.6. The Balaban J connectivity index is 0.00000288. The van der Waals surface area contributed by atoms with Crippen LogP contribution in [0.15, 0.2) is 42.5 Å². The van der Waals surface area contributed by atoms with E-state index in [9.17, 15) is 13.0 Å². The molecule has 2 rings (SSSR count). The molecule has 0 aliphatic heterocycles. The van der Waals surface area contributed by atoms with Gasteiger partial charge >= 0.3 is 1.43 Å². The molecule has 2 aromatic rings. The second-order valence-electron chi connectivity index (χ2n) is 4.54. The predicted octanol–water partition coefficient (Wildman–Crippen LogP) is 2.83. The van der Waals surface area contributed by atoms with Crippen molar-refractivity contribution in [1.82, 2.24) is 0 Å². The van der Waals surface area contributed by atoms with E-state index in [1.165, 1.54) is 12.1 Å². The van der Waals surface area contributed by atoms with Gasteiger partial charge in [0.2, 0.25) is 0 Å². The van der Waals surface area contributed by atoms with Gasteiger partial charge in [-0.1, -0.05) is 24.3 Å². The average Bonchev–Trinajstić information content (AvgIpc) is 2.52. The van der Waals surface area contributed by atoms with Crippen molar-refractivity contribution in [3.8, 4) is 17.2 Å². The Bertz CT molecular complexity index is 778. The van der Waals surface area contributed by atoms with Crippen molar-refractivity contribution < 1.29 is 28.1 Å². The summed E-state index contributed by atoms with van der Waals surface area (Å²) in [5.74, 6) is 1.32. The standard InChI is InChI=1S/C16H16O6S/c1-20-15-9-13(10-16(11-15)21-2)4-3-12-5-7-14(8-6-12)22-23(17,18)19/h3-11H,1-2H3,(H,17,18,19).